The molecule has 0 aliphatic heterocycles. The summed E-state index contributed by atoms with van der Waals surface area (Å²) in [5, 5.41) is 0. The van der Waals surface area contributed by atoms with Gasteiger partial charge in [0.1, 0.15) is 11.5 Å². The second kappa shape index (κ2) is 5.53. The normalized spacial score (nSPS) is 10.7. The lowest BCUT2D eigenvalue weighted by Gasteiger charge is -2.08. The molecule has 0 spiro atoms. The van der Waals surface area contributed by atoms with Gasteiger partial charge in [0.2, 0.25) is 0 Å². The monoisotopic (exact) mass is 313 g/mol. The zero-order valence-electron chi connectivity index (χ0n) is 12.6. The van der Waals surface area contributed by atoms with Gasteiger partial charge in [0.25, 0.3) is 5.91 Å². The van der Waals surface area contributed by atoms with Crippen molar-refractivity contribution in [1.29, 1.82) is 0 Å². The van der Waals surface area contributed by atoms with Crippen LogP contribution in [0.15, 0.2) is 41.2 Å². The molecule has 23 heavy (non-hydrogen) atoms. The van der Waals surface area contributed by atoms with Crippen LogP contribution >= 0.6 is 0 Å². The van der Waals surface area contributed by atoms with Crippen molar-refractivity contribution < 1.29 is 14.3 Å². The third-order valence-corrected chi connectivity index (χ3v) is 3.51. The van der Waals surface area contributed by atoms with Gasteiger partial charge in [-0.25, -0.2) is 9.36 Å². The molecular weight excluding hydrogens is 298 g/mol. The number of carbonyl (C=O) groups excluding carboxylic acids is 1. The van der Waals surface area contributed by atoms with E-state index in [-0.39, 0.29) is 5.56 Å². The van der Waals surface area contributed by atoms with E-state index in [1.807, 2.05) is 0 Å². The Hall–Kier alpha value is -3.22. The molecule has 0 atom stereocenters. The van der Waals surface area contributed by atoms with Gasteiger partial charge in [0.05, 0.1) is 25.3 Å². The van der Waals surface area contributed by atoms with Crippen LogP contribution in [0.5, 0.6) is 11.5 Å². The quantitative estimate of drug-likeness (QED) is 0.716. The predicted octanol–water partition coefficient (Wildman–Crippen LogP) is 1.62. The van der Waals surface area contributed by atoms with E-state index in [1.54, 1.807) is 36.4 Å². The van der Waals surface area contributed by atoms with E-state index in [0.717, 1.165) is 4.57 Å². The summed E-state index contributed by atoms with van der Waals surface area (Å²) in [6.07, 6.45) is 0. The molecule has 0 fully saturated rings. The number of benzene rings is 2. The number of nitrogens with zero attached hydrogens (tertiary/aromatic N) is 1. The summed E-state index contributed by atoms with van der Waals surface area (Å²) in [5.74, 6) is 0.442. The predicted molar refractivity (Wildman–Crippen MR) is 86.2 cm³/mol. The van der Waals surface area contributed by atoms with E-state index >= 15 is 0 Å². The zero-order valence-corrected chi connectivity index (χ0v) is 12.6. The molecule has 0 aliphatic rings. The molecule has 1 aromatic heterocycles. The first-order valence-corrected chi connectivity index (χ1v) is 6.81. The third kappa shape index (κ3) is 2.52. The van der Waals surface area contributed by atoms with Gasteiger partial charge >= 0.3 is 5.69 Å². The number of fused-ring (bicyclic) bond motifs is 1. The molecular formula is C16H15N3O4. The Morgan fingerprint density at radius 3 is 2.35 bits per heavy atom. The highest BCUT2D eigenvalue weighted by Crippen LogP contribution is 2.24. The Bertz CT molecular complexity index is 933. The van der Waals surface area contributed by atoms with Crippen LogP contribution in [0.1, 0.15) is 10.4 Å². The van der Waals surface area contributed by atoms with Gasteiger partial charge in [-0.05, 0) is 30.3 Å². The Balaban J connectivity index is 2.18. The maximum Gasteiger partial charge on any atom is 0.333 e. The van der Waals surface area contributed by atoms with Crippen LogP contribution in [0, 0.1) is 0 Å². The summed E-state index contributed by atoms with van der Waals surface area (Å²) < 4.78 is 11.4. The lowest BCUT2D eigenvalue weighted by molar-refractivity contribution is 0.0960. The highest BCUT2D eigenvalue weighted by atomic mass is 16.5. The number of aromatic nitrogens is 2. The molecule has 3 rings (SSSR count). The van der Waals surface area contributed by atoms with E-state index in [1.165, 1.54) is 14.2 Å². The van der Waals surface area contributed by atoms with Gasteiger partial charge in [-0.15, -0.1) is 0 Å². The first-order valence-electron chi connectivity index (χ1n) is 6.81. The number of rotatable bonds is 3. The average Bonchev–Trinajstić information content (AvgIpc) is 2.88. The van der Waals surface area contributed by atoms with Crippen LogP contribution in [0.25, 0.3) is 11.0 Å². The minimum Gasteiger partial charge on any atom is -0.497 e. The number of methoxy groups -OCH3 is 2. The maximum absolute atomic E-state index is 12.8. The summed E-state index contributed by atoms with van der Waals surface area (Å²) in [6, 6.07) is 9.60. The second-order valence-electron chi connectivity index (χ2n) is 4.95. The van der Waals surface area contributed by atoms with Crippen molar-refractivity contribution in [2.45, 2.75) is 0 Å². The fraction of sp³-hybridized carbons (Fsp3) is 0.125. The van der Waals surface area contributed by atoms with Gasteiger partial charge in [-0.3, -0.25) is 4.79 Å². The number of ether oxygens (including phenoxy) is 2. The first-order chi connectivity index (χ1) is 11.0. The van der Waals surface area contributed by atoms with Crippen molar-refractivity contribution in [1.82, 2.24) is 9.55 Å². The molecule has 0 saturated carbocycles. The van der Waals surface area contributed by atoms with Gasteiger partial charge < -0.3 is 20.2 Å². The van der Waals surface area contributed by atoms with Crippen LogP contribution in [-0.4, -0.2) is 29.7 Å². The van der Waals surface area contributed by atoms with E-state index in [0.29, 0.717) is 28.2 Å². The summed E-state index contributed by atoms with van der Waals surface area (Å²) >= 11 is 0. The molecule has 2 aromatic carbocycles. The Morgan fingerprint density at radius 1 is 1.09 bits per heavy atom. The van der Waals surface area contributed by atoms with Gasteiger partial charge in [-0.1, -0.05) is 0 Å². The number of H-pyrrole nitrogens is 1. The minimum atomic E-state index is -0.530. The topological polar surface area (TPSA) is 99.3 Å². The van der Waals surface area contributed by atoms with Gasteiger partial charge in [-0.2, -0.15) is 0 Å². The molecule has 0 amide bonds. The molecule has 0 saturated heterocycles. The van der Waals surface area contributed by atoms with Crippen LogP contribution in [0.4, 0.5) is 5.69 Å². The highest BCUT2D eigenvalue weighted by Gasteiger charge is 2.17. The smallest absolute Gasteiger partial charge is 0.333 e. The standard InChI is InChI=1S/C16H15N3O4/c1-22-11-5-9(6-12(8-11)23-2)15(20)19-14-4-3-10(17)7-13(14)18-16(19)21/h3-8H,17H2,1-2H3,(H,18,21). The second-order valence-corrected chi connectivity index (χ2v) is 4.95. The maximum atomic E-state index is 12.8. The minimum absolute atomic E-state index is 0.279. The number of hydrogen-bond acceptors (Lipinski definition) is 5. The SMILES string of the molecule is COc1cc(OC)cc(C(=O)n2c(=O)[nH]c3cc(N)ccc32)c1. The number of carbonyl (C=O) groups is 1. The van der Waals surface area contributed by atoms with E-state index in [2.05, 4.69) is 4.98 Å². The Morgan fingerprint density at radius 2 is 1.74 bits per heavy atom. The lowest BCUT2D eigenvalue weighted by atomic mass is 10.2. The van der Waals surface area contributed by atoms with Gasteiger partial charge in [0.15, 0.2) is 0 Å². The van der Waals surface area contributed by atoms with E-state index in [4.69, 9.17) is 15.2 Å². The lowest BCUT2D eigenvalue weighted by Crippen LogP contribution is -2.24. The summed E-state index contributed by atoms with van der Waals surface area (Å²) in [4.78, 5) is 27.5. The van der Waals surface area contributed by atoms with Gasteiger partial charge in [0, 0.05) is 17.3 Å². The van der Waals surface area contributed by atoms with Crippen LogP contribution < -0.4 is 20.9 Å². The molecule has 7 heteroatoms. The third-order valence-electron chi connectivity index (χ3n) is 3.51. The fourth-order valence-electron chi connectivity index (χ4n) is 2.39. The number of nitrogens with one attached hydrogen (secondary N) is 1. The molecule has 0 radical (unpaired) electrons. The van der Waals surface area contributed by atoms with E-state index < -0.39 is 11.6 Å². The number of aromatic amines is 1. The Labute approximate surface area is 131 Å². The summed E-state index contributed by atoms with van der Waals surface area (Å²) in [7, 11) is 2.98. The molecule has 0 unspecified atom stereocenters. The Kier molecular flexibility index (Phi) is 3.53. The van der Waals surface area contributed by atoms with Crippen LogP contribution in [0.2, 0.25) is 0 Å². The van der Waals surface area contributed by atoms with Crippen molar-refractivity contribution in [2.75, 3.05) is 20.0 Å². The molecule has 3 N–H and O–H groups in total. The van der Waals surface area contributed by atoms with Crippen molar-refractivity contribution in [3.63, 3.8) is 0 Å². The average molecular weight is 313 g/mol. The largest absolute Gasteiger partial charge is 0.497 e. The first kappa shape index (κ1) is 14.7. The number of hydrogen-bond donors (Lipinski definition) is 2. The number of nitrogen functional groups attached to an aromatic ring is 1. The molecule has 7 nitrogen and oxygen atoms in total. The highest BCUT2D eigenvalue weighted by molar-refractivity contribution is 6.01. The molecule has 118 valence electrons. The summed E-state index contributed by atoms with van der Waals surface area (Å²) in [6.45, 7) is 0. The molecule has 1 heterocycles. The molecule has 3 aromatic rings. The molecule has 0 aliphatic carbocycles. The van der Waals surface area contributed by atoms with Crippen LogP contribution in [0.3, 0.4) is 0 Å². The molecule has 0 bridgehead atoms. The van der Waals surface area contributed by atoms with Crippen molar-refractivity contribution in [3.05, 3.63) is 52.4 Å². The van der Waals surface area contributed by atoms with Crippen molar-refractivity contribution in [2.24, 2.45) is 0 Å². The van der Waals surface area contributed by atoms with Crippen molar-refractivity contribution in [3.8, 4) is 11.5 Å². The number of nitrogens with two attached hydrogens (primary N) is 1. The number of anilines is 1. The van der Waals surface area contributed by atoms with Crippen LogP contribution in [-0.2, 0) is 0 Å². The fourth-order valence-corrected chi connectivity index (χ4v) is 2.39. The van der Waals surface area contributed by atoms with Crippen molar-refractivity contribution >= 4 is 22.6 Å². The van der Waals surface area contributed by atoms with E-state index in [9.17, 15) is 9.59 Å². The summed E-state index contributed by atoms with van der Waals surface area (Å²) in [5.41, 5.74) is 6.90. The zero-order chi connectivity index (χ0) is 16.6. The number of imidazole rings is 1.